The molecule has 5 aromatic heterocycles. The molecule has 0 spiro atoms. The van der Waals surface area contributed by atoms with Crippen LogP contribution in [0.15, 0.2) is 79.5 Å². The second kappa shape index (κ2) is 6.88. The Hall–Kier alpha value is -4.32. The van der Waals surface area contributed by atoms with Gasteiger partial charge in [0.1, 0.15) is 5.69 Å². The first-order chi connectivity index (χ1) is 15.3. The maximum atomic E-state index is 4.61. The lowest BCUT2D eigenvalue weighted by molar-refractivity contribution is 1.12. The molecule has 0 atom stereocenters. The van der Waals surface area contributed by atoms with Crippen LogP contribution in [-0.2, 0) is 0 Å². The molecule has 0 amide bonds. The molecule has 6 heteroatoms. The van der Waals surface area contributed by atoms with Crippen LogP contribution in [0.3, 0.4) is 0 Å². The molecule has 0 aliphatic rings. The molecule has 0 fully saturated rings. The van der Waals surface area contributed by atoms with Gasteiger partial charge in [-0.25, -0.2) is 0 Å². The molecule has 148 valence electrons. The average Bonchev–Trinajstić information content (AvgIpc) is 3.43. The summed E-state index contributed by atoms with van der Waals surface area (Å²) in [6.45, 7) is 2.05. The summed E-state index contributed by atoms with van der Waals surface area (Å²) in [5.74, 6) is 0. The molecule has 31 heavy (non-hydrogen) atoms. The molecule has 5 heterocycles. The van der Waals surface area contributed by atoms with Gasteiger partial charge in [0.2, 0.25) is 0 Å². The second-order valence-corrected chi connectivity index (χ2v) is 7.63. The Labute approximate surface area is 178 Å². The van der Waals surface area contributed by atoms with E-state index in [-0.39, 0.29) is 0 Å². The Kier molecular flexibility index (Phi) is 3.89. The lowest BCUT2D eigenvalue weighted by Crippen LogP contribution is -1.84. The van der Waals surface area contributed by atoms with E-state index in [0.717, 1.165) is 61.1 Å². The third-order valence-electron chi connectivity index (χ3n) is 5.51. The quantitative estimate of drug-likeness (QED) is 0.407. The number of benzene rings is 1. The Morgan fingerprint density at radius 2 is 1.61 bits per heavy atom. The number of hydrogen-bond donors (Lipinski definition) is 2. The highest BCUT2D eigenvalue weighted by Crippen LogP contribution is 2.34. The van der Waals surface area contributed by atoms with E-state index in [1.165, 1.54) is 0 Å². The molecular formula is C25H18N6. The number of H-pyrrole nitrogens is 2. The summed E-state index contributed by atoms with van der Waals surface area (Å²) < 4.78 is 0. The highest BCUT2D eigenvalue weighted by atomic mass is 15.1. The topological polar surface area (TPSA) is 83.1 Å². The van der Waals surface area contributed by atoms with Crippen LogP contribution in [0.5, 0.6) is 0 Å². The van der Waals surface area contributed by atoms with Gasteiger partial charge in [-0.1, -0.05) is 6.07 Å². The van der Waals surface area contributed by atoms with E-state index in [9.17, 15) is 0 Å². The Bertz CT molecular complexity index is 1550. The monoisotopic (exact) mass is 402 g/mol. The van der Waals surface area contributed by atoms with Crippen molar-refractivity contribution in [2.75, 3.05) is 0 Å². The van der Waals surface area contributed by atoms with E-state index < -0.39 is 0 Å². The number of nitrogens with one attached hydrogen (secondary N) is 2. The van der Waals surface area contributed by atoms with Crippen LogP contribution in [0.2, 0.25) is 0 Å². The number of aryl methyl sites for hydroxylation is 1. The van der Waals surface area contributed by atoms with Gasteiger partial charge < -0.3 is 4.98 Å². The summed E-state index contributed by atoms with van der Waals surface area (Å²) in [7, 11) is 0. The number of aromatic nitrogens is 6. The number of fused-ring (bicyclic) bond motifs is 2. The molecule has 6 nitrogen and oxygen atoms in total. The molecule has 0 radical (unpaired) electrons. The molecular weight excluding hydrogens is 384 g/mol. The molecule has 0 saturated heterocycles. The zero-order valence-electron chi connectivity index (χ0n) is 16.8. The molecule has 0 aliphatic carbocycles. The van der Waals surface area contributed by atoms with Gasteiger partial charge in [-0.3, -0.25) is 20.1 Å². The summed E-state index contributed by atoms with van der Waals surface area (Å²) in [5, 5.41) is 9.87. The summed E-state index contributed by atoms with van der Waals surface area (Å²) >= 11 is 0. The van der Waals surface area contributed by atoms with Crippen molar-refractivity contribution in [3.05, 3.63) is 85.1 Å². The van der Waals surface area contributed by atoms with Gasteiger partial charge in [-0.2, -0.15) is 5.10 Å². The van der Waals surface area contributed by atoms with Crippen molar-refractivity contribution in [3.8, 4) is 33.8 Å². The van der Waals surface area contributed by atoms with Crippen LogP contribution in [-0.4, -0.2) is 30.1 Å². The Morgan fingerprint density at radius 3 is 2.48 bits per heavy atom. The zero-order valence-corrected chi connectivity index (χ0v) is 16.8. The summed E-state index contributed by atoms with van der Waals surface area (Å²) in [4.78, 5) is 16.7. The van der Waals surface area contributed by atoms with Gasteiger partial charge >= 0.3 is 0 Å². The van der Waals surface area contributed by atoms with E-state index in [2.05, 4.69) is 67.4 Å². The van der Waals surface area contributed by atoms with E-state index in [4.69, 9.17) is 0 Å². The Balaban J connectivity index is 1.51. The summed E-state index contributed by atoms with van der Waals surface area (Å²) in [6, 6.07) is 16.5. The predicted molar refractivity (Wildman–Crippen MR) is 122 cm³/mol. The van der Waals surface area contributed by atoms with Crippen molar-refractivity contribution in [1.82, 2.24) is 30.1 Å². The van der Waals surface area contributed by atoms with Crippen molar-refractivity contribution in [1.29, 1.82) is 0 Å². The lowest BCUT2D eigenvalue weighted by atomic mass is 10.0. The molecule has 0 bridgehead atoms. The molecule has 0 unspecified atom stereocenters. The molecule has 0 aliphatic heterocycles. The Morgan fingerprint density at radius 1 is 0.710 bits per heavy atom. The molecule has 1 aromatic carbocycles. The van der Waals surface area contributed by atoms with Crippen LogP contribution in [0, 0.1) is 6.92 Å². The first-order valence-electron chi connectivity index (χ1n) is 10.0. The fourth-order valence-electron chi connectivity index (χ4n) is 4.03. The standard InChI is InChI=1S/C25H18N6/c1-15-9-18(14-27-12-15)16-4-5-22-19(10-16)25(31-30-22)23-11-20-21(29-23)6-8-28-24(20)17-3-2-7-26-13-17/h2-14,29H,1H3,(H,30,31). The second-order valence-electron chi connectivity index (χ2n) is 7.63. The molecule has 6 aromatic rings. The fourth-order valence-corrected chi connectivity index (χ4v) is 4.03. The molecule has 6 rings (SSSR count). The van der Waals surface area contributed by atoms with Gasteiger partial charge in [0.25, 0.3) is 0 Å². The first kappa shape index (κ1) is 17.5. The van der Waals surface area contributed by atoms with Crippen LogP contribution < -0.4 is 0 Å². The number of nitrogens with zero attached hydrogens (tertiary/aromatic N) is 4. The fraction of sp³-hybridized carbons (Fsp3) is 0.0400. The summed E-state index contributed by atoms with van der Waals surface area (Å²) in [6.07, 6.45) is 9.17. The number of aromatic amines is 2. The lowest BCUT2D eigenvalue weighted by Gasteiger charge is -2.03. The maximum absolute atomic E-state index is 4.61. The largest absolute Gasteiger partial charge is 0.353 e. The van der Waals surface area contributed by atoms with Crippen molar-refractivity contribution in [2.24, 2.45) is 0 Å². The van der Waals surface area contributed by atoms with E-state index >= 15 is 0 Å². The van der Waals surface area contributed by atoms with Crippen LogP contribution in [0.4, 0.5) is 0 Å². The minimum atomic E-state index is 0.880. The van der Waals surface area contributed by atoms with Crippen molar-refractivity contribution >= 4 is 21.8 Å². The highest BCUT2D eigenvalue weighted by Gasteiger charge is 2.15. The van der Waals surface area contributed by atoms with E-state index in [1.807, 2.05) is 43.0 Å². The maximum Gasteiger partial charge on any atom is 0.116 e. The van der Waals surface area contributed by atoms with Crippen LogP contribution in [0.25, 0.3) is 55.6 Å². The molecule has 0 saturated carbocycles. The van der Waals surface area contributed by atoms with Crippen molar-refractivity contribution < 1.29 is 0 Å². The normalized spacial score (nSPS) is 11.4. The minimum Gasteiger partial charge on any atom is -0.353 e. The molecule has 2 N–H and O–H groups in total. The van der Waals surface area contributed by atoms with Crippen molar-refractivity contribution in [3.63, 3.8) is 0 Å². The number of hydrogen-bond acceptors (Lipinski definition) is 4. The third kappa shape index (κ3) is 2.97. The average molecular weight is 402 g/mol. The SMILES string of the molecule is Cc1cncc(-c2ccc3[nH]nc(-c4cc5c(-c6cccnc6)nccc5[nH]4)c3c2)c1. The van der Waals surface area contributed by atoms with Crippen LogP contribution in [0.1, 0.15) is 5.56 Å². The smallest absolute Gasteiger partial charge is 0.116 e. The van der Waals surface area contributed by atoms with Gasteiger partial charge in [0, 0.05) is 58.4 Å². The number of pyridine rings is 3. The third-order valence-corrected chi connectivity index (χ3v) is 5.51. The predicted octanol–water partition coefficient (Wildman–Crippen LogP) is 5.54. The van der Waals surface area contributed by atoms with Crippen molar-refractivity contribution in [2.45, 2.75) is 6.92 Å². The minimum absolute atomic E-state index is 0.880. The number of rotatable bonds is 3. The van der Waals surface area contributed by atoms with Crippen LogP contribution >= 0.6 is 0 Å². The van der Waals surface area contributed by atoms with Gasteiger partial charge in [0.15, 0.2) is 0 Å². The van der Waals surface area contributed by atoms with E-state index in [1.54, 1.807) is 6.20 Å². The van der Waals surface area contributed by atoms with E-state index in [0.29, 0.717) is 0 Å². The highest BCUT2D eigenvalue weighted by molar-refractivity contribution is 6.00. The van der Waals surface area contributed by atoms with Gasteiger partial charge in [-0.15, -0.1) is 0 Å². The zero-order chi connectivity index (χ0) is 20.8. The van der Waals surface area contributed by atoms with Gasteiger partial charge in [0.05, 0.1) is 16.9 Å². The van der Waals surface area contributed by atoms with Gasteiger partial charge in [-0.05, 0) is 60.5 Å². The summed E-state index contributed by atoms with van der Waals surface area (Å²) in [5.41, 5.74) is 9.05. The first-order valence-corrected chi connectivity index (χ1v) is 10.0.